The smallest absolute Gasteiger partial charge is 0.269 e. The Morgan fingerprint density at radius 1 is 1.46 bits per heavy atom. The van der Waals surface area contributed by atoms with Gasteiger partial charge in [0.1, 0.15) is 5.75 Å². The van der Waals surface area contributed by atoms with E-state index in [1.807, 2.05) is 24.3 Å². The Bertz CT molecular complexity index is 718. The second-order valence-corrected chi connectivity index (χ2v) is 5.53. The summed E-state index contributed by atoms with van der Waals surface area (Å²) in [6.45, 7) is 0.933. The fraction of sp³-hybridized carbons (Fsp3) is 0.400. The maximum absolute atomic E-state index is 12.1. The zero-order valence-electron chi connectivity index (χ0n) is 13.2. The monoisotopic (exact) mass is 330 g/mol. The van der Waals surface area contributed by atoms with Crippen LogP contribution < -0.4 is 10.1 Å². The SMILES string of the molecule is COc1ccccc1CCN1C[C@H](C(=O)Nc2nn[nH]n2)CC1=O. The molecule has 9 nitrogen and oxygen atoms in total. The molecule has 3 rings (SSSR count). The molecule has 1 saturated heterocycles. The van der Waals surface area contributed by atoms with E-state index in [4.69, 9.17) is 4.74 Å². The van der Waals surface area contributed by atoms with Crippen LogP contribution in [-0.4, -0.2) is 57.5 Å². The van der Waals surface area contributed by atoms with Gasteiger partial charge in [0.05, 0.1) is 13.0 Å². The van der Waals surface area contributed by atoms with Crippen LogP contribution in [0.1, 0.15) is 12.0 Å². The van der Waals surface area contributed by atoms with Crippen molar-refractivity contribution in [2.45, 2.75) is 12.8 Å². The summed E-state index contributed by atoms with van der Waals surface area (Å²) in [5.41, 5.74) is 1.03. The topological polar surface area (TPSA) is 113 Å². The van der Waals surface area contributed by atoms with Crippen molar-refractivity contribution in [3.63, 3.8) is 0 Å². The number of rotatable bonds is 6. The first kappa shape index (κ1) is 15.9. The van der Waals surface area contributed by atoms with Crippen LogP contribution >= 0.6 is 0 Å². The Hall–Kier alpha value is -2.97. The molecule has 1 aliphatic heterocycles. The predicted octanol–water partition coefficient (Wildman–Crippen LogP) is 0.238. The second kappa shape index (κ2) is 7.07. The van der Waals surface area contributed by atoms with Crippen LogP contribution in [0.25, 0.3) is 0 Å². The zero-order valence-corrected chi connectivity index (χ0v) is 13.2. The Labute approximate surface area is 138 Å². The number of carbonyl (C=O) groups is 2. The van der Waals surface area contributed by atoms with E-state index >= 15 is 0 Å². The highest BCUT2D eigenvalue weighted by Gasteiger charge is 2.34. The third kappa shape index (κ3) is 3.50. The van der Waals surface area contributed by atoms with Crippen LogP contribution in [0.15, 0.2) is 24.3 Å². The van der Waals surface area contributed by atoms with E-state index < -0.39 is 5.92 Å². The van der Waals surface area contributed by atoms with Crippen LogP contribution in [-0.2, 0) is 16.0 Å². The van der Waals surface area contributed by atoms with Gasteiger partial charge in [-0.1, -0.05) is 23.3 Å². The van der Waals surface area contributed by atoms with Gasteiger partial charge in [0.15, 0.2) is 0 Å². The van der Waals surface area contributed by atoms with Crippen molar-refractivity contribution in [2.75, 3.05) is 25.5 Å². The van der Waals surface area contributed by atoms with Gasteiger partial charge in [0.25, 0.3) is 5.95 Å². The molecular formula is C15H18N6O3. The largest absolute Gasteiger partial charge is 0.496 e. The fourth-order valence-electron chi connectivity index (χ4n) is 2.76. The summed E-state index contributed by atoms with van der Waals surface area (Å²) in [5, 5.41) is 15.5. The van der Waals surface area contributed by atoms with Crippen molar-refractivity contribution in [3.05, 3.63) is 29.8 Å². The predicted molar refractivity (Wildman–Crippen MR) is 84.2 cm³/mol. The van der Waals surface area contributed by atoms with Gasteiger partial charge in [-0.3, -0.25) is 14.9 Å². The summed E-state index contributed by atoms with van der Waals surface area (Å²) >= 11 is 0. The van der Waals surface area contributed by atoms with Crippen molar-refractivity contribution in [3.8, 4) is 5.75 Å². The van der Waals surface area contributed by atoms with Crippen LogP contribution in [0.4, 0.5) is 5.95 Å². The van der Waals surface area contributed by atoms with Gasteiger partial charge in [0.2, 0.25) is 11.8 Å². The minimum Gasteiger partial charge on any atom is -0.496 e. The van der Waals surface area contributed by atoms with Crippen molar-refractivity contribution in [1.82, 2.24) is 25.5 Å². The molecule has 1 aromatic carbocycles. The molecule has 2 aromatic rings. The first-order chi connectivity index (χ1) is 11.7. The Balaban J connectivity index is 1.56. The van der Waals surface area contributed by atoms with E-state index in [9.17, 15) is 9.59 Å². The van der Waals surface area contributed by atoms with E-state index in [1.54, 1.807) is 12.0 Å². The molecule has 2 amide bonds. The molecule has 0 unspecified atom stereocenters. The molecule has 0 radical (unpaired) electrons. The summed E-state index contributed by atoms with van der Waals surface area (Å²) < 4.78 is 5.32. The molecule has 1 atom stereocenters. The summed E-state index contributed by atoms with van der Waals surface area (Å²) in [4.78, 5) is 26.0. The van der Waals surface area contributed by atoms with Gasteiger partial charge in [-0.25, -0.2) is 0 Å². The second-order valence-electron chi connectivity index (χ2n) is 5.53. The third-order valence-corrected chi connectivity index (χ3v) is 4.01. The lowest BCUT2D eigenvalue weighted by molar-refractivity contribution is -0.128. The van der Waals surface area contributed by atoms with E-state index in [0.717, 1.165) is 11.3 Å². The molecule has 0 saturated carbocycles. The Morgan fingerprint density at radius 3 is 3.04 bits per heavy atom. The lowest BCUT2D eigenvalue weighted by Gasteiger charge is -2.17. The van der Waals surface area contributed by atoms with Crippen LogP contribution in [0.2, 0.25) is 0 Å². The van der Waals surface area contributed by atoms with Crippen molar-refractivity contribution < 1.29 is 14.3 Å². The molecule has 1 aliphatic rings. The Morgan fingerprint density at radius 2 is 2.29 bits per heavy atom. The molecule has 9 heteroatoms. The lowest BCUT2D eigenvalue weighted by atomic mass is 10.1. The van der Waals surface area contributed by atoms with E-state index in [-0.39, 0.29) is 24.2 Å². The van der Waals surface area contributed by atoms with Gasteiger partial charge < -0.3 is 9.64 Å². The first-order valence-electron chi connectivity index (χ1n) is 7.61. The van der Waals surface area contributed by atoms with Gasteiger partial charge in [-0.2, -0.15) is 5.21 Å². The van der Waals surface area contributed by atoms with Gasteiger partial charge in [0, 0.05) is 19.5 Å². The normalized spacial score (nSPS) is 17.1. The number of hydrogen-bond acceptors (Lipinski definition) is 6. The molecule has 1 fully saturated rings. The van der Waals surface area contributed by atoms with Gasteiger partial charge >= 0.3 is 0 Å². The molecule has 0 aliphatic carbocycles. The fourth-order valence-corrected chi connectivity index (χ4v) is 2.76. The number of tetrazole rings is 1. The van der Waals surface area contributed by atoms with Gasteiger partial charge in [-0.05, 0) is 23.3 Å². The first-order valence-corrected chi connectivity index (χ1v) is 7.61. The highest BCUT2D eigenvalue weighted by molar-refractivity contribution is 5.96. The average molecular weight is 330 g/mol. The number of nitrogens with one attached hydrogen (secondary N) is 2. The van der Waals surface area contributed by atoms with E-state index in [0.29, 0.717) is 19.5 Å². The molecular weight excluding hydrogens is 312 g/mol. The minimum atomic E-state index is -0.409. The molecule has 2 N–H and O–H groups in total. The Kier molecular flexibility index (Phi) is 4.69. The quantitative estimate of drug-likeness (QED) is 0.784. The van der Waals surface area contributed by atoms with Crippen LogP contribution in [0.3, 0.4) is 0 Å². The number of anilines is 1. The number of H-pyrrole nitrogens is 1. The maximum atomic E-state index is 12.1. The zero-order chi connectivity index (χ0) is 16.9. The molecule has 0 bridgehead atoms. The van der Waals surface area contributed by atoms with E-state index in [1.165, 1.54) is 0 Å². The number of aromatic amines is 1. The number of amides is 2. The lowest BCUT2D eigenvalue weighted by Crippen LogP contribution is -2.30. The van der Waals surface area contributed by atoms with Crippen LogP contribution in [0, 0.1) is 5.92 Å². The average Bonchev–Trinajstić information content (AvgIpc) is 3.23. The van der Waals surface area contributed by atoms with Crippen molar-refractivity contribution in [1.29, 1.82) is 0 Å². The van der Waals surface area contributed by atoms with Gasteiger partial charge in [-0.15, -0.1) is 5.10 Å². The molecule has 126 valence electrons. The maximum Gasteiger partial charge on any atom is 0.269 e. The summed E-state index contributed by atoms with van der Waals surface area (Å²) in [7, 11) is 1.62. The highest BCUT2D eigenvalue weighted by Crippen LogP contribution is 2.22. The number of hydrogen-bond donors (Lipinski definition) is 2. The summed E-state index contributed by atoms with van der Waals surface area (Å²) in [6, 6.07) is 7.70. The standard InChI is InChI=1S/C15H18N6O3/c1-24-12-5-3-2-4-10(12)6-7-21-9-11(8-13(21)22)14(23)16-15-17-19-20-18-15/h2-5,11H,6-9H2,1H3,(H2,16,17,18,19,20,23)/t11-/m1/s1. The number of para-hydroxylation sites is 1. The van der Waals surface area contributed by atoms with Crippen molar-refractivity contribution >= 4 is 17.8 Å². The van der Waals surface area contributed by atoms with E-state index in [2.05, 4.69) is 25.9 Å². The molecule has 1 aromatic heterocycles. The molecule has 24 heavy (non-hydrogen) atoms. The van der Waals surface area contributed by atoms with Crippen molar-refractivity contribution in [2.24, 2.45) is 5.92 Å². The summed E-state index contributed by atoms with van der Waals surface area (Å²) in [5.74, 6) is 0.201. The number of likely N-dealkylation sites (tertiary alicyclic amines) is 1. The number of methoxy groups -OCH3 is 1. The number of carbonyl (C=O) groups excluding carboxylic acids is 2. The number of ether oxygens (including phenoxy) is 1. The minimum absolute atomic E-state index is 0.0295. The number of benzene rings is 1. The highest BCUT2D eigenvalue weighted by atomic mass is 16.5. The number of aromatic nitrogens is 4. The molecule has 2 heterocycles. The molecule has 0 spiro atoms. The number of nitrogens with zero attached hydrogens (tertiary/aromatic N) is 4. The third-order valence-electron chi connectivity index (χ3n) is 4.01. The summed E-state index contributed by atoms with van der Waals surface area (Å²) in [6.07, 6.45) is 0.866. The van der Waals surface area contributed by atoms with Crippen LogP contribution in [0.5, 0.6) is 5.75 Å².